The largest absolute Gasteiger partial charge is 0.395 e. The van der Waals surface area contributed by atoms with Crippen LogP contribution in [0, 0.1) is 11.8 Å². The van der Waals surface area contributed by atoms with Gasteiger partial charge in [0.15, 0.2) is 0 Å². The lowest BCUT2D eigenvalue weighted by atomic mass is 10.1. The molecule has 1 aliphatic rings. The molecule has 5 nitrogen and oxygen atoms in total. The topological polar surface area (TPSA) is 62.7 Å². The Morgan fingerprint density at radius 2 is 2.29 bits per heavy atom. The van der Waals surface area contributed by atoms with E-state index < -0.39 is 0 Å². The van der Waals surface area contributed by atoms with Crippen molar-refractivity contribution in [3.8, 4) is 11.8 Å². The fourth-order valence-corrected chi connectivity index (χ4v) is 2.33. The fourth-order valence-electron chi connectivity index (χ4n) is 2.33. The van der Waals surface area contributed by atoms with Crippen LogP contribution in [0.5, 0.6) is 0 Å². The molecule has 2 rings (SSSR count). The Balaban J connectivity index is 2.11. The third kappa shape index (κ3) is 4.03. The second kappa shape index (κ2) is 7.77. The number of rotatable bonds is 3. The van der Waals surface area contributed by atoms with Crippen LogP contribution in [-0.4, -0.2) is 53.8 Å². The van der Waals surface area contributed by atoms with Gasteiger partial charge >= 0.3 is 0 Å². The van der Waals surface area contributed by atoms with E-state index in [4.69, 9.17) is 9.84 Å². The van der Waals surface area contributed by atoms with E-state index in [-0.39, 0.29) is 18.6 Å². The molecule has 2 heterocycles. The molecule has 1 N–H and O–H groups in total. The van der Waals surface area contributed by atoms with Crippen LogP contribution in [0.25, 0.3) is 0 Å². The Bertz CT molecular complexity index is 540. The van der Waals surface area contributed by atoms with Crippen molar-refractivity contribution in [2.24, 2.45) is 0 Å². The van der Waals surface area contributed by atoms with E-state index in [9.17, 15) is 4.79 Å². The molecular formula is C16H20N2O3. The first-order valence-corrected chi connectivity index (χ1v) is 7.13. The lowest BCUT2D eigenvalue weighted by Gasteiger charge is -2.31. The predicted molar refractivity (Wildman–Crippen MR) is 78.8 cm³/mol. The van der Waals surface area contributed by atoms with Crippen molar-refractivity contribution < 1.29 is 14.6 Å². The van der Waals surface area contributed by atoms with Crippen LogP contribution in [0.15, 0.2) is 18.3 Å². The van der Waals surface area contributed by atoms with Gasteiger partial charge in [0.25, 0.3) is 5.91 Å². The van der Waals surface area contributed by atoms with Gasteiger partial charge in [0.2, 0.25) is 0 Å². The maximum absolute atomic E-state index is 12.6. The van der Waals surface area contributed by atoms with Gasteiger partial charge in [0.05, 0.1) is 18.3 Å². The minimum Gasteiger partial charge on any atom is -0.395 e. The Kier molecular flexibility index (Phi) is 5.73. The molecule has 1 amide bonds. The Hall–Kier alpha value is -1.90. The number of carbonyl (C=O) groups is 1. The van der Waals surface area contributed by atoms with Crippen LogP contribution in [0.1, 0.15) is 35.3 Å². The number of pyridine rings is 1. The number of methoxy groups -OCH3 is 1. The molecule has 1 aromatic heterocycles. The van der Waals surface area contributed by atoms with E-state index in [2.05, 4.69) is 16.8 Å². The molecule has 0 unspecified atom stereocenters. The normalized spacial score (nSPS) is 15.4. The lowest BCUT2D eigenvalue weighted by Crippen LogP contribution is -2.41. The molecule has 0 bridgehead atoms. The Morgan fingerprint density at radius 3 is 2.95 bits per heavy atom. The van der Waals surface area contributed by atoms with Crippen LogP contribution in [0.2, 0.25) is 0 Å². The average Bonchev–Trinajstić information content (AvgIpc) is 2.55. The summed E-state index contributed by atoms with van der Waals surface area (Å²) >= 11 is 0. The van der Waals surface area contributed by atoms with Gasteiger partial charge in [-0.3, -0.25) is 4.79 Å². The molecule has 21 heavy (non-hydrogen) atoms. The van der Waals surface area contributed by atoms with Gasteiger partial charge in [-0.2, -0.15) is 0 Å². The molecule has 1 aliphatic heterocycles. The maximum atomic E-state index is 12.6. The minimum absolute atomic E-state index is 0.0150. The maximum Gasteiger partial charge on any atom is 0.273 e. The number of amides is 1. The molecule has 112 valence electrons. The number of nitrogens with zero attached hydrogens (tertiary/aromatic N) is 2. The van der Waals surface area contributed by atoms with E-state index in [0.29, 0.717) is 30.8 Å². The Morgan fingerprint density at radius 1 is 1.52 bits per heavy atom. The number of ether oxygens (including phenoxy) is 1. The zero-order valence-electron chi connectivity index (χ0n) is 12.2. The van der Waals surface area contributed by atoms with E-state index in [1.165, 1.54) is 0 Å². The van der Waals surface area contributed by atoms with E-state index in [0.717, 1.165) is 12.8 Å². The predicted octanol–water partition coefficient (Wildman–Crippen LogP) is 1.07. The highest BCUT2D eigenvalue weighted by Crippen LogP contribution is 2.16. The molecule has 1 saturated heterocycles. The van der Waals surface area contributed by atoms with Crippen molar-refractivity contribution in [1.29, 1.82) is 0 Å². The summed E-state index contributed by atoms with van der Waals surface area (Å²) < 4.78 is 5.31. The highest BCUT2D eigenvalue weighted by atomic mass is 16.5. The second-order valence-corrected chi connectivity index (χ2v) is 4.90. The number of aliphatic hydroxyl groups excluding tert-OH is 1. The average molecular weight is 288 g/mol. The highest BCUT2D eigenvalue weighted by molar-refractivity contribution is 5.94. The Labute approximate surface area is 124 Å². The summed E-state index contributed by atoms with van der Waals surface area (Å²) in [6.07, 6.45) is 3.93. The number of likely N-dealkylation sites (tertiary alicyclic amines) is 1. The van der Waals surface area contributed by atoms with Crippen LogP contribution >= 0.6 is 0 Å². The van der Waals surface area contributed by atoms with Crippen LogP contribution in [0.4, 0.5) is 0 Å². The molecule has 0 spiro atoms. The minimum atomic E-state index is -0.0848. The van der Waals surface area contributed by atoms with Gasteiger partial charge < -0.3 is 14.7 Å². The van der Waals surface area contributed by atoms with E-state index in [1.807, 2.05) is 0 Å². The number of piperidine rings is 1. The van der Waals surface area contributed by atoms with Gasteiger partial charge in [-0.15, -0.1) is 0 Å². The summed E-state index contributed by atoms with van der Waals surface area (Å²) in [5, 5.41) is 8.77. The number of aliphatic hydroxyl groups is 1. The smallest absolute Gasteiger partial charge is 0.273 e. The van der Waals surface area contributed by atoms with Gasteiger partial charge in [-0.25, -0.2) is 4.98 Å². The standard InChI is InChI=1S/C16H20N2O3/c1-21-14-7-10-18(11-8-14)16(20)15-13(5-2-3-12-19)6-4-9-17-15/h4,6,9,14,19H,3,7-8,10-12H2,1H3. The summed E-state index contributed by atoms with van der Waals surface area (Å²) in [4.78, 5) is 18.5. The third-order valence-corrected chi connectivity index (χ3v) is 3.53. The first kappa shape index (κ1) is 15.5. The summed E-state index contributed by atoms with van der Waals surface area (Å²) in [6, 6.07) is 3.55. The molecule has 0 saturated carbocycles. The van der Waals surface area contributed by atoms with Gasteiger partial charge in [0, 0.05) is 32.8 Å². The first-order chi connectivity index (χ1) is 10.3. The second-order valence-electron chi connectivity index (χ2n) is 4.90. The van der Waals surface area contributed by atoms with Crippen LogP contribution in [-0.2, 0) is 4.74 Å². The van der Waals surface area contributed by atoms with E-state index in [1.54, 1.807) is 30.3 Å². The van der Waals surface area contributed by atoms with Crippen LogP contribution in [0.3, 0.4) is 0 Å². The molecule has 1 aromatic rings. The molecule has 1 fully saturated rings. The highest BCUT2D eigenvalue weighted by Gasteiger charge is 2.25. The SMILES string of the molecule is COC1CCN(C(=O)c2ncccc2C#CCCO)CC1. The van der Waals surface area contributed by atoms with Crippen molar-refractivity contribution in [1.82, 2.24) is 9.88 Å². The van der Waals surface area contributed by atoms with Crippen molar-refractivity contribution >= 4 is 5.91 Å². The molecule has 0 aliphatic carbocycles. The molecule has 0 aromatic carbocycles. The van der Waals surface area contributed by atoms with Gasteiger partial charge in [-0.05, 0) is 25.0 Å². The number of aromatic nitrogens is 1. The van der Waals surface area contributed by atoms with Crippen molar-refractivity contribution in [2.45, 2.75) is 25.4 Å². The quantitative estimate of drug-likeness (QED) is 0.845. The van der Waals surface area contributed by atoms with E-state index >= 15 is 0 Å². The number of hydrogen-bond acceptors (Lipinski definition) is 4. The summed E-state index contributed by atoms with van der Waals surface area (Å²) in [7, 11) is 1.70. The zero-order chi connectivity index (χ0) is 15.1. The molecule has 0 atom stereocenters. The van der Waals surface area contributed by atoms with Crippen molar-refractivity contribution in [3.63, 3.8) is 0 Å². The summed E-state index contributed by atoms with van der Waals surface area (Å²) in [5.74, 6) is 5.66. The van der Waals surface area contributed by atoms with Crippen molar-refractivity contribution in [2.75, 3.05) is 26.8 Å². The molecular weight excluding hydrogens is 268 g/mol. The van der Waals surface area contributed by atoms with Crippen LogP contribution < -0.4 is 0 Å². The summed E-state index contributed by atoms with van der Waals surface area (Å²) in [5.41, 5.74) is 1.00. The first-order valence-electron chi connectivity index (χ1n) is 7.13. The van der Waals surface area contributed by atoms with Gasteiger partial charge in [0.1, 0.15) is 5.69 Å². The number of carbonyl (C=O) groups excluding carboxylic acids is 1. The fraction of sp³-hybridized carbons (Fsp3) is 0.500. The third-order valence-electron chi connectivity index (χ3n) is 3.53. The number of hydrogen-bond donors (Lipinski definition) is 1. The lowest BCUT2D eigenvalue weighted by molar-refractivity contribution is 0.0347. The molecule has 5 heteroatoms. The monoisotopic (exact) mass is 288 g/mol. The van der Waals surface area contributed by atoms with Crippen molar-refractivity contribution in [3.05, 3.63) is 29.6 Å². The van der Waals surface area contributed by atoms with Gasteiger partial charge in [-0.1, -0.05) is 11.8 Å². The summed E-state index contributed by atoms with van der Waals surface area (Å²) in [6.45, 7) is 1.37. The molecule has 0 radical (unpaired) electrons. The zero-order valence-corrected chi connectivity index (χ0v) is 12.2.